The van der Waals surface area contributed by atoms with Gasteiger partial charge in [0.05, 0.1) is 5.92 Å². The highest BCUT2D eigenvalue weighted by Gasteiger charge is 2.33. The van der Waals surface area contributed by atoms with E-state index in [0.29, 0.717) is 19.5 Å². The monoisotopic (exact) mass is 262 g/mol. The summed E-state index contributed by atoms with van der Waals surface area (Å²) < 4.78 is 0. The first-order valence-electron chi connectivity index (χ1n) is 5.52. The van der Waals surface area contributed by atoms with Gasteiger partial charge < -0.3 is 20.4 Å². The summed E-state index contributed by atoms with van der Waals surface area (Å²) in [6, 6.07) is -0.115. The van der Waals surface area contributed by atoms with Crippen LogP contribution in [0.2, 0.25) is 0 Å². The van der Waals surface area contributed by atoms with E-state index < -0.39 is 18.0 Å². The second kappa shape index (κ2) is 6.11. The zero-order valence-electron chi connectivity index (χ0n) is 9.67. The normalized spacial score (nSPS) is 26.6. The van der Waals surface area contributed by atoms with Crippen LogP contribution in [0.4, 0.5) is 4.79 Å². The van der Waals surface area contributed by atoms with Gasteiger partial charge in [0.2, 0.25) is 0 Å². The highest BCUT2D eigenvalue weighted by molar-refractivity contribution is 7.80. The Morgan fingerprint density at radius 2 is 2.12 bits per heavy atom. The lowest BCUT2D eigenvalue weighted by Crippen LogP contribution is -2.53. The van der Waals surface area contributed by atoms with Gasteiger partial charge in [-0.3, -0.25) is 4.79 Å². The Kier molecular flexibility index (Phi) is 5.07. The quantitative estimate of drug-likeness (QED) is 0.549. The van der Waals surface area contributed by atoms with Gasteiger partial charge in [0.25, 0.3) is 0 Å². The number of hydrogen-bond donors (Lipinski definition) is 4. The summed E-state index contributed by atoms with van der Waals surface area (Å²) >= 11 is 4.22. The number of carboxylic acids is 1. The van der Waals surface area contributed by atoms with Crippen LogP contribution in [0.15, 0.2) is 0 Å². The third kappa shape index (κ3) is 4.43. The van der Waals surface area contributed by atoms with E-state index in [0.717, 1.165) is 4.90 Å². The molecule has 1 saturated heterocycles. The topological polar surface area (TPSA) is 89.9 Å². The first kappa shape index (κ1) is 14.1. The van der Waals surface area contributed by atoms with Crippen molar-refractivity contribution in [2.24, 2.45) is 5.92 Å². The molecule has 0 radical (unpaired) electrons. The lowest BCUT2D eigenvalue weighted by Gasteiger charge is -2.35. The molecule has 0 aromatic heterocycles. The number of nitrogens with zero attached hydrogens (tertiary/aromatic N) is 1. The Balaban J connectivity index is 2.58. The zero-order valence-corrected chi connectivity index (χ0v) is 10.6. The summed E-state index contributed by atoms with van der Waals surface area (Å²) in [5.41, 5.74) is 0. The van der Waals surface area contributed by atoms with E-state index in [-0.39, 0.29) is 17.8 Å². The second-order valence-corrected chi connectivity index (χ2v) is 5.29. The minimum absolute atomic E-state index is 0.0687. The minimum atomic E-state index is -1.07. The third-order valence-electron chi connectivity index (χ3n) is 2.77. The van der Waals surface area contributed by atoms with Crippen molar-refractivity contribution in [3.8, 4) is 0 Å². The molecule has 1 amide bonds. The molecule has 0 aliphatic carbocycles. The van der Waals surface area contributed by atoms with E-state index in [9.17, 15) is 9.59 Å². The van der Waals surface area contributed by atoms with Crippen LogP contribution in [-0.2, 0) is 4.79 Å². The highest BCUT2D eigenvalue weighted by Crippen LogP contribution is 2.17. The molecule has 17 heavy (non-hydrogen) atoms. The van der Waals surface area contributed by atoms with Gasteiger partial charge in [0, 0.05) is 30.9 Å². The number of aliphatic carboxylic acids is 1. The van der Waals surface area contributed by atoms with Crippen LogP contribution in [0.1, 0.15) is 13.3 Å². The van der Waals surface area contributed by atoms with E-state index in [4.69, 9.17) is 10.2 Å². The Morgan fingerprint density at radius 3 is 2.59 bits per heavy atom. The average Bonchev–Trinajstić information content (AvgIpc) is 2.25. The van der Waals surface area contributed by atoms with Crippen molar-refractivity contribution in [2.75, 3.05) is 19.6 Å². The van der Waals surface area contributed by atoms with Crippen molar-refractivity contribution in [1.82, 2.24) is 10.2 Å². The van der Waals surface area contributed by atoms with Crippen LogP contribution >= 0.6 is 12.6 Å². The average molecular weight is 262 g/mol. The summed E-state index contributed by atoms with van der Waals surface area (Å²) in [5, 5.41) is 21.2. The van der Waals surface area contributed by atoms with E-state index >= 15 is 0 Å². The number of carboxylic acid groups (broad SMARTS) is 2. The molecular weight excluding hydrogens is 244 g/mol. The molecule has 0 saturated carbocycles. The molecule has 0 spiro atoms. The lowest BCUT2D eigenvalue weighted by atomic mass is 9.94. The van der Waals surface area contributed by atoms with Crippen molar-refractivity contribution >= 4 is 24.7 Å². The van der Waals surface area contributed by atoms with Crippen molar-refractivity contribution in [3.63, 3.8) is 0 Å². The number of thiol groups is 1. The number of hydrogen-bond acceptors (Lipinski definition) is 4. The molecule has 6 nitrogen and oxygen atoms in total. The summed E-state index contributed by atoms with van der Waals surface area (Å²) in [5.74, 6) is -1.57. The van der Waals surface area contributed by atoms with E-state index in [2.05, 4.69) is 17.9 Å². The zero-order chi connectivity index (χ0) is 13.0. The summed E-state index contributed by atoms with van der Waals surface area (Å²) in [4.78, 5) is 23.0. The maximum absolute atomic E-state index is 10.9. The van der Waals surface area contributed by atoms with Crippen LogP contribution in [0, 0.1) is 5.92 Å². The van der Waals surface area contributed by atoms with Crippen LogP contribution in [0.5, 0.6) is 0 Å². The van der Waals surface area contributed by atoms with Crippen molar-refractivity contribution in [1.29, 1.82) is 0 Å². The van der Waals surface area contributed by atoms with Crippen molar-refractivity contribution in [3.05, 3.63) is 0 Å². The van der Waals surface area contributed by atoms with Gasteiger partial charge in [-0.25, -0.2) is 4.79 Å². The standard InChI is InChI=1S/C10H18N2O4S/c1-6(17)3-11-8-2-7(9(13)14)4-12(5-8)10(15)16/h6-8,11,17H,2-5H2,1H3,(H,13,14)(H,15,16)/t6?,7-,8+/m1/s1. The number of piperidine rings is 1. The van der Waals surface area contributed by atoms with Crippen LogP contribution in [0.3, 0.4) is 0 Å². The fraction of sp³-hybridized carbons (Fsp3) is 0.800. The van der Waals surface area contributed by atoms with Crippen LogP contribution in [-0.4, -0.2) is 58.1 Å². The minimum Gasteiger partial charge on any atom is -0.481 e. The van der Waals surface area contributed by atoms with Crippen molar-refractivity contribution in [2.45, 2.75) is 24.6 Å². The van der Waals surface area contributed by atoms with Gasteiger partial charge in [0.15, 0.2) is 0 Å². The maximum atomic E-state index is 10.9. The first-order valence-corrected chi connectivity index (χ1v) is 6.04. The number of carbonyl (C=O) groups is 2. The fourth-order valence-electron chi connectivity index (χ4n) is 1.92. The van der Waals surface area contributed by atoms with Crippen LogP contribution in [0.25, 0.3) is 0 Å². The number of rotatable bonds is 4. The molecule has 1 rings (SSSR count). The summed E-state index contributed by atoms with van der Waals surface area (Å²) in [6.07, 6.45) is -0.610. The largest absolute Gasteiger partial charge is 0.481 e. The molecule has 1 heterocycles. The predicted octanol–water partition coefficient (Wildman–Crippen LogP) is 0.347. The molecule has 1 aliphatic heterocycles. The van der Waals surface area contributed by atoms with Gasteiger partial charge in [-0.2, -0.15) is 12.6 Å². The molecule has 98 valence electrons. The number of nitrogens with one attached hydrogen (secondary N) is 1. The molecule has 7 heteroatoms. The Bertz CT molecular complexity index is 276. The molecule has 0 aromatic rings. The fourth-order valence-corrected chi connectivity index (χ4v) is 2.02. The number of amides is 1. The Morgan fingerprint density at radius 1 is 1.47 bits per heavy atom. The Hall–Kier alpha value is -0.950. The van der Waals surface area contributed by atoms with E-state index in [1.54, 1.807) is 0 Å². The molecular formula is C10H18N2O4S. The predicted molar refractivity (Wildman–Crippen MR) is 65.6 cm³/mol. The van der Waals surface area contributed by atoms with Gasteiger partial charge in [0.1, 0.15) is 0 Å². The molecule has 1 aliphatic rings. The Labute approximate surface area is 105 Å². The van der Waals surface area contributed by atoms with E-state index in [1.165, 1.54) is 0 Å². The lowest BCUT2D eigenvalue weighted by molar-refractivity contribution is -0.143. The molecule has 3 atom stereocenters. The SMILES string of the molecule is CC(S)CN[C@H]1C[C@@H](C(=O)O)CN(C(=O)O)C1. The van der Waals surface area contributed by atoms with Gasteiger partial charge >= 0.3 is 12.1 Å². The molecule has 3 N–H and O–H groups in total. The van der Waals surface area contributed by atoms with Gasteiger partial charge in [-0.15, -0.1) is 0 Å². The van der Waals surface area contributed by atoms with Crippen LogP contribution < -0.4 is 5.32 Å². The van der Waals surface area contributed by atoms with E-state index in [1.807, 2.05) is 6.92 Å². The molecule has 0 bridgehead atoms. The highest BCUT2D eigenvalue weighted by atomic mass is 32.1. The van der Waals surface area contributed by atoms with Crippen molar-refractivity contribution < 1.29 is 19.8 Å². The molecule has 1 unspecified atom stereocenters. The second-order valence-electron chi connectivity index (χ2n) is 4.41. The van der Waals surface area contributed by atoms with Gasteiger partial charge in [-0.05, 0) is 6.42 Å². The molecule has 0 aromatic carbocycles. The third-order valence-corrected chi connectivity index (χ3v) is 2.95. The van der Waals surface area contributed by atoms with Gasteiger partial charge in [-0.1, -0.05) is 6.92 Å². The summed E-state index contributed by atoms with van der Waals surface area (Å²) in [7, 11) is 0. The molecule has 1 fully saturated rings. The number of likely N-dealkylation sites (tertiary alicyclic amines) is 1. The first-order chi connectivity index (χ1) is 7.90. The summed E-state index contributed by atoms with van der Waals surface area (Å²) in [6.45, 7) is 2.95. The maximum Gasteiger partial charge on any atom is 0.407 e. The smallest absolute Gasteiger partial charge is 0.407 e.